The highest BCUT2D eigenvalue weighted by Crippen LogP contribution is 2.39. The quantitative estimate of drug-likeness (QED) is 0.712. The molecule has 2 aliphatic rings. The van der Waals surface area contributed by atoms with Crippen LogP contribution in [0.3, 0.4) is 0 Å². The molecule has 0 bridgehead atoms. The van der Waals surface area contributed by atoms with E-state index in [4.69, 9.17) is 0 Å². The van der Waals surface area contributed by atoms with Crippen LogP contribution in [0.1, 0.15) is 58.4 Å². The molecule has 142 valence electrons. The molecule has 1 aromatic rings. The van der Waals surface area contributed by atoms with Gasteiger partial charge in [0.2, 0.25) is 5.91 Å². The number of amides is 1. The van der Waals surface area contributed by atoms with Crippen molar-refractivity contribution in [3.8, 4) is 0 Å². The average Bonchev–Trinajstić information content (AvgIpc) is 2.87. The van der Waals surface area contributed by atoms with Crippen LogP contribution >= 0.6 is 0 Å². The molecule has 0 N–H and O–H groups in total. The van der Waals surface area contributed by atoms with Gasteiger partial charge in [0.15, 0.2) is 0 Å². The lowest BCUT2D eigenvalue weighted by atomic mass is 9.86. The molecule has 0 aromatic heterocycles. The number of piperidine rings is 1. The Labute approximate surface area is 159 Å². The van der Waals surface area contributed by atoms with Crippen molar-refractivity contribution in [1.82, 2.24) is 9.80 Å². The molecule has 0 unspecified atom stereocenters. The first-order valence-corrected chi connectivity index (χ1v) is 10.3. The summed E-state index contributed by atoms with van der Waals surface area (Å²) in [6.45, 7) is 10.7. The molecule has 0 aliphatic carbocycles. The third kappa shape index (κ3) is 4.20. The molecular weight excluding hydrogens is 320 g/mol. The molecule has 3 nitrogen and oxygen atoms in total. The van der Waals surface area contributed by atoms with Crippen LogP contribution < -0.4 is 0 Å². The lowest BCUT2D eigenvalue weighted by Crippen LogP contribution is -2.53. The predicted octanol–water partition coefficient (Wildman–Crippen LogP) is 4.64. The summed E-state index contributed by atoms with van der Waals surface area (Å²) in [6, 6.07) is 10.7. The second-order valence-corrected chi connectivity index (χ2v) is 8.44. The lowest BCUT2D eigenvalue weighted by Gasteiger charge is -2.44. The Morgan fingerprint density at radius 3 is 2.42 bits per heavy atom. The summed E-state index contributed by atoms with van der Waals surface area (Å²) in [6.07, 6.45) is 7.64. The number of likely N-dealkylation sites (tertiary alicyclic amines) is 1. The second kappa shape index (κ2) is 8.39. The van der Waals surface area contributed by atoms with Crippen LogP contribution in [0.4, 0.5) is 0 Å². The van der Waals surface area contributed by atoms with Gasteiger partial charge in [0, 0.05) is 31.8 Å². The van der Waals surface area contributed by atoms with Gasteiger partial charge >= 0.3 is 0 Å². The number of benzene rings is 1. The predicted molar refractivity (Wildman–Crippen MR) is 108 cm³/mol. The minimum Gasteiger partial charge on any atom is -0.330 e. The lowest BCUT2D eigenvalue weighted by molar-refractivity contribution is -0.131. The van der Waals surface area contributed by atoms with Gasteiger partial charge in [-0.2, -0.15) is 0 Å². The number of hydrogen-bond donors (Lipinski definition) is 0. The summed E-state index contributed by atoms with van der Waals surface area (Å²) in [7, 11) is 0. The minimum absolute atomic E-state index is 0.0241. The number of nitrogens with zero attached hydrogens (tertiary/aromatic N) is 2. The van der Waals surface area contributed by atoms with E-state index < -0.39 is 0 Å². The molecular formula is C23H34N2O. The van der Waals surface area contributed by atoms with Crippen LogP contribution in [0, 0.1) is 5.92 Å². The Hall–Kier alpha value is -1.61. The zero-order valence-corrected chi connectivity index (χ0v) is 16.7. The topological polar surface area (TPSA) is 23.6 Å². The van der Waals surface area contributed by atoms with Crippen molar-refractivity contribution in [2.45, 2.75) is 65.0 Å². The van der Waals surface area contributed by atoms with Gasteiger partial charge in [0.05, 0.1) is 5.54 Å². The minimum atomic E-state index is -0.0241. The third-order valence-corrected chi connectivity index (χ3v) is 5.83. The Balaban J connectivity index is 1.70. The fraction of sp³-hybridized carbons (Fsp3) is 0.609. The zero-order chi connectivity index (χ0) is 18.6. The van der Waals surface area contributed by atoms with Crippen molar-refractivity contribution in [3.63, 3.8) is 0 Å². The zero-order valence-electron chi connectivity index (χ0n) is 16.7. The Kier molecular flexibility index (Phi) is 6.18. The van der Waals surface area contributed by atoms with E-state index in [-0.39, 0.29) is 5.54 Å². The van der Waals surface area contributed by atoms with Crippen LogP contribution in [-0.4, -0.2) is 40.9 Å². The van der Waals surface area contributed by atoms with E-state index in [9.17, 15) is 4.79 Å². The van der Waals surface area contributed by atoms with Crippen molar-refractivity contribution < 1.29 is 4.79 Å². The maximum atomic E-state index is 13.0. The first-order valence-electron chi connectivity index (χ1n) is 10.3. The Morgan fingerprint density at radius 2 is 1.81 bits per heavy atom. The summed E-state index contributed by atoms with van der Waals surface area (Å²) in [5.41, 5.74) is 2.42. The summed E-state index contributed by atoms with van der Waals surface area (Å²) in [4.78, 5) is 17.8. The highest BCUT2D eigenvalue weighted by molar-refractivity contribution is 5.97. The van der Waals surface area contributed by atoms with Crippen LogP contribution in [0.25, 0.3) is 0 Å². The molecule has 1 amide bonds. The highest BCUT2D eigenvalue weighted by atomic mass is 16.2. The standard InChI is InChI=1S/C23H34N2O/c1-4-5-13-25-22(26)21(16-19(2)3)17-23(25)11-14-24(15-12-23)18-20-9-7-6-8-10-20/h6-10,17,19H,4-5,11-16,18H2,1-3H3. The first-order chi connectivity index (χ1) is 12.5. The van der Waals surface area contributed by atoms with Crippen LogP contribution in [-0.2, 0) is 11.3 Å². The van der Waals surface area contributed by atoms with Gasteiger partial charge in [0.25, 0.3) is 0 Å². The average molecular weight is 355 g/mol. The maximum absolute atomic E-state index is 13.0. The van der Waals surface area contributed by atoms with E-state index in [2.05, 4.69) is 67.0 Å². The van der Waals surface area contributed by atoms with Gasteiger partial charge in [-0.25, -0.2) is 0 Å². The number of carbonyl (C=O) groups excluding carboxylic acids is 1. The van der Waals surface area contributed by atoms with Gasteiger partial charge in [0.1, 0.15) is 0 Å². The third-order valence-electron chi connectivity index (χ3n) is 5.83. The van der Waals surface area contributed by atoms with Crippen LogP contribution in [0.2, 0.25) is 0 Å². The SMILES string of the molecule is CCCCN1C(=O)C(CC(C)C)=CC12CCN(Cc1ccccc1)CC2. The second-order valence-electron chi connectivity index (χ2n) is 8.44. The summed E-state index contributed by atoms with van der Waals surface area (Å²) < 4.78 is 0. The first kappa shape index (κ1) is 19.2. The van der Waals surface area contributed by atoms with Crippen molar-refractivity contribution in [2.24, 2.45) is 5.92 Å². The van der Waals surface area contributed by atoms with E-state index in [1.54, 1.807) is 0 Å². The summed E-state index contributed by atoms with van der Waals surface area (Å²) in [5, 5.41) is 0. The fourth-order valence-electron chi connectivity index (χ4n) is 4.42. The highest BCUT2D eigenvalue weighted by Gasteiger charge is 2.46. The largest absolute Gasteiger partial charge is 0.330 e. The van der Waals surface area contributed by atoms with Gasteiger partial charge in [-0.05, 0) is 37.2 Å². The monoisotopic (exact) mass is 354 g/mol. The molecule has 26 heavy (non-hydrogen) atoms. The van der Waals surface area contributed by atoms with Gasteiger partial charge < -0.3 is 4.90 Å². The van der Waals surface area contributed by atoms with Crippen molar-refractivity contribution in [2.75, 3.05) is 19.6 Å². The van der Waals surface area contributed by atoms with Gasteiger partial charge in [-0.1, -0.05) is 63.6 Å². The molecule has 0 saturated carbocycles. The number of hydrogen-bond acceptors (Lipinski definition) is 2. The molecule has 1 spiro atoms. The molecule has 0 radical (unpaired) electrons. The summed E-state index contributed by atoms with van der Waals surface area (Å²) in [5.74, 6) is 0.843. The van der Waals surface area contributed by atoms with E-state index in [0.29, 0.717) is 11.8 Å². The van der Waals surface area contributed by atoms with E-state index >= 15 is 0 Å². The van der Waals surface area contributed by atoms with Crippen LogP contribution in [0.5, 0.6) is 0 Å². The van der Waals surface area contributed by atoms with Gasteiger partial charge in [-0.15, -0.1) is 0 Å². The number of carbonyl (C=O) groups is 1. The number of rotatable bonds is 7. The summed E-state index contributed by atoms with van der Waals surface area (Å²) >= 11 is 0. The smallest absolute Gasteiger partial charge is 0.250 e. The van der Waals surface area contributed by atoms with E-state index in [1.807, 2.05) is 0 Å². The molecule has 2 heterocycles. The fourth-order valence-corrected chi connectivity index (χ4v) is 4.42. The van der Waals surface area contributed by atoms with Crippen molar-refractivity contribution in [3.05, 3.63) is 47.5 Å². The molecule has 2 aliphatic heterocycles. The van der Waals surface area contributed by atoms with Crippen molar-refractivity contribution in [1.29, 1.82) is 0 Å². The maximum Gasteiger partial charge on any atom is 0.250 e. The molecule has 1 fully saturated rings. The van der Waals surface area contributed by atoms with Gasteiger partial charge in [-0.3, -0.25) is 9.69 Å². The molecule has 3 rings (SSSR count). The normalized spacial score (nSPS) is 20.2. The van der Waals surface area contributed by atoms with Crippen LogP contribution in [0.15, 0.2) is 42.0 Å². The Morgan fingerprint density at radius 1 is 1.12 bits per heavy atom. The molecule has 0 atom stereocenters. The molecule has 1 aromatic carbocycles. The molecule has 1 saturated heterocycles. The number of unbranched alkanes of at least 4 members (excludes halogenated alkanes) is 1. The van der Waals surface area contributed by atoms with E-state index in [1.165, 1.54) is 5.56 Å². The Bertz CT molecular complexity index is 627. The van der Waals surface area contributed by atoms with E-state index in [0.717, 1.165) is 63.9 Å². The van der Waals surface area contributed by atoms with Crippen molar-refractivity contribution >= 4 is 5.91 Å². The molecule has 3 heteroatoms.